The van der Waals surface area contributed by atoms with E-state index in [1.165, 1.54) is 10.9 Å². The standard InChI is InChI=1S/C10H10Cl2N4O4/c11-7-4-8(15-10(12)14-7)16(2-13-4)9-6(19)5(18)3(17)1-20-9/h2-3,5-6,9,17-19H,1H2/t3-,5-,6-,9-/m1/s1. The smallest absolute Gasteiger partial charge is 0.225 e. The molecule has 3 rings (SSSR count). The van der Waals surface area contributed by atoms with E-state index in [2.05, 4.69) is 15.0 Å². The number of imidazole rings is 1. The van der Waals surface area contributed by atoms with Crippen molar-refractivity contribution in [3.8, 4) is 0 Å². The lowest BCUT2D eigenvalue weighted by Gasteiger charge is -2.35. The molecule has 0 radical (unpaired) electrons. The van der Waals surface area contributed by atoms with Gasteiger partial charge < -0.3 is 20.1 Å². The van der Waals surface area contributed by atoms with Crippen molar-refractivity contribution in [1.82, 2.24) is 19.5 Å². The van der Waals surface area contributed by atoms with Gasteiger partial charge in [-0.2, -0.15) is 4.98 Å². The van der Waals surface area contributed by atoms with Crippen LogP contribution in [0.25, 0.3) is 11.2 Å². The fourth-order valence-electron chi connectivity index (χ4n) is 2.08. The van der Waals surface area contributed by atoms with Gasteiger partial charge in [0.2, 0.25) is 5.28 Å². The molecule has 10 heteroatoms. The van der Waals surface area contributed by atoms with Crippen LogP contribution in [0, 0.1) is 0 Å². The molecular weight excluding hydrogens is 311 g/mol. The van der Waals surface area contributed by atoms with Gasteiger partial charge >= 0.3 is 0 Å². The summed E-state index contributed by atoms with van der Waals surface area (Å²) < 4.78 is 6.70. The first-order valence-electron chi connectivity index (χ1n) is 5.70. The van der Waals surface area contributed by atoms with Crippen molar-refractivity contribution >= 4 is 34.4 Å². The highest BCUT2D eigenvalue weighted by atomic mass is 35.5. The van der Waals surface area contributed by atoms with Crippen LogP contribution in [0.4, 0.5) is 0 Å². The summed E-state index contributed by atoms with van der Waals surface area (Å²) in [4.78, 5) is 11.8. The van der Waals surface area contributed by atoms with E-state index in [-0.39, 0.29) is 22.7 Å². The summed E-state index contributed by atoms with van der Waals surface area (Å²) in [5.41, 5.74) is 0.565. The van der Waals surface area contributed by atoms with E-state index in [0.29, 0.717) is 5.52 Å². The van der Waals surface area contributed by atoms with Crippen molar-refractivity contribution in [2.24, 2.45) is 0 Å². The number of ether oxygens (including phenoxy) is 1. The first-order chi connectivity index (χ1) is 9.49. The third kappa shape index (κ3) is 2.14. The van der Waals surface area contributed by atoms with Crippen LogP contribution in [0.1, 0.15) is 6.23 Å². The normalized spacial score (nSPS) is 30.9. The van der Waals surface area contributed by atoms with Gasteiger partial charge in [-0.1, -0.05) is 11.6 Å². The third-order valence-corrected chi connectivity index (χ3v) is 3.53. The van der Waals surface area contributed by atoms with Crippen LogP contribution in [0.3, 0.4) is 0 Å². The van der Waals surface area contributed by atoms with Gasteiger partial charge in [0, 0.05) is 0 Å². The maximum absolute atomic E-state index is 9.98. The zero-order valence-electron chi connectivity index (χ0n) is 9.89. The van der Waals surface area contributed by atoms with Crippen LogP contribution >= 0.6 is 23.2 Å². The highest BCUT2D eigenvalue weighted by molar-refractivity contribution is 6.35. The quantitative estimate of drug-likeness (QED) is 0.490. The Morgan fingerprint density at radius 1 is 1.20 bits per heavy atom. The number of rotatable bonds is 1. The molecule has 2 aromatic rings. The molecule has 1 aliphatic heterocycles. The molecule has 0 aliphatic carbocycles. The van der Waals surface area contributed by atoms with Gasteiger partial charge in [0.1, 0.15) is 23.8 Å². The van der Waals surface area contributed by atoms with Gasteiger partial charge in [-0.15, -0.1) is 0 Å². The molecule has 0 unspecified atom stereocenters. The van der Waals surface area contributed by atoms with E-state index in [1.807, 2.05) is 0 Å². The maximum atomic E-state index is 9.98. The number of fused-ring (bicyclic) bond motifs is 1. The summed E-state index contributed by atoms with van der Waals surface area (Å²) in [6, 6.07) is 0. The minimum Gasteiger partial charge on any atom is -0.388 e. The van der Waals surface area contributed by atoms with E-state index in [0.717, 1.165) is 0 Å². The summed E-state index contributed by atoms with van der Waals surface area (Å²) in [6.07, 6.45) is -3.44. The Hall–Kier alpha value is -1.03. The molecule has 2 aromatic heterocycles. The Morgan fingerprint density at radius 2 is 1.95 bits per heavy atom. The lowest BCUT2D eigenvalue weighted by molar-refractivity contribution is -0.210. The molecule has 108 valence electrons. The van der Waals surface area contributed by atoms with Gasteiger partial charge in [0.25, 0.3) is 0 Å². The zero-order valence-corrected chi connectivity index (χ0v) is 11.4. The summed E-state index contributed by atoms with van der Waals surface area (Å²) in [6.45, 7) is -0.130. The molecule has 20 heavy (non-hydrogen) atoms. The Balaban J connectivity index is 2.06. The molecule has 0 aromatic carbocycles. The number of halogens is 2. The molecule has 0 saturated carbocycles. The summed E-state index contributed by atoms with van der Waals surface area (Å²) in [7, 11) is 0. The van der Waals surface area contributed by atoms with Gasteiger partial charge in [-0.25, -0.2) is 9.97 Å². The first-order valence-corrected chi connectivity index (χ1v) is 6.46. The SMILES string of the molecule is O[C@@H]1[C@H](O)[C@H](O)CO[C@H]1n1cnc2c(Cl)nc(Cl)nc21. The van der Waals surface area contributed by atoms with Crippen molar-refractivity contribution in [3.63, 3.8) is 0 Å². The van der Waals surface area contributed by atoms with E-state index in [1.54, 1.807) is 0 Å². The number of aliphatic hydroxyl groups excluding tert-OH is 3. The van der Waals surface area contributed by atoms with Gasteiger partial charge in [-0.3, -0.25) is 4.57 Å². The van der Waals surface area contributed by atoms with Crippen LogP contribution < -0.4 is 0 Å². The van der Waals surface area contributed by atoms with Crippen LogP contribution in [-0.4, -0.2) is 59.8 Å². The van der Waals surface area contributed by atoms with Crippen LogP contribution in [0.2, 0.25) is 10.4 Å². The van der Waals surface area contributed by atoms with Crippen molar-refractivity contribution in [3.05, 3.63) is 16.8 Å². The molecular formula is C10H10Cl2N4O4. The third-order valence-electron chi connectivity index (χ3n) is 3.10. The van der Waals surface area contributed by atoms with Gasteiger partial charge in [0.05, 0.1) is 12.9 Å². The van der Waals surface area contributed by atoms with Crippen LogP contribution in [-0.2, 0) is 4.74 Å². The summed E-state index contributed by atoms with van der Waals surface area (Å²) in [5.74, 6) is 0. The molecule has 1 saturated heterocycles. The summed E-state index contributed by atoms with van der Waals surface area (Å²) in [5, 5.41) is 29.1. The minimum absolute atomic E-state index is 0.0737. The molecule has 1 fully saturated rings. The van der Waals surface area contributed by atoms with E-state index in [4.69, 9.17) is 27.9 Å². The maximum Gasteiger partial charge on any atom is 0.225 e. The monoisotopic (exact) mass is 320 g/mol. The van der Waals surface area contributed by atoms with Crippen molar-refractivity contribution in [2.75, 3.05) is 6.61 Å². The molecule has 3 heterocycles. The topological polar surface area (TPSA) is 114 Å². The van der Waals surface area contributed by atoms with E-state index >= 15 is 0 Å². The Kier molecular flexibility index (Phi) is 3.53. The molecule has 0 amide bonds. The predicted octanol–water partition coefficient (Wildman–Crippen LogP) is -0.255. The molecule has 4 atom stereocenters. The predicted molar refractivity (Wildman–Crippen MR) is 68.4 cm³/mol. The van der Waals surface area contributed by atoms with E-state index in [9.17, 15) is 15.3 Å². The van der Waals surface area contributed by atoms with Crippen molar-refractivity contribution < 1.29 is 20.1 Å². The molecule has 0 spiro atoms. The average Bonchev–Trinajstić information content (AvgIpc) is 2.80. The lowest BCUT2D eigenvalue weighted by Crippen LogP contribution is -2.50. The minimum atomic E-state index is -1.34. The van der Waals surface area contributed by atoms with Gasteiger partial charge in [0.15, 0.2) is 17.0 Å². The first kappa shape index (κ1) is 13.9. The Labute approximate surface area is 122 Å². The number of nitrogens with zero attached hydrogens (tertiary/aromatic N) is 4. The number of hydrogen-bond acceptors (Lipinski definition) is 7. The van der Waals surface area contributed by atoms with Gasteiger partial charge in [-0.05, 0) is 11.6 Å². The Bertz CT molecular complexity index is 651. The highest BCUT2D eigenvalue weighted by Crippen LogP contribution is 2.29. The Morgan fingerprint density at radius 3 is 2.70 bits per heavy atom. The molecule has 8 nitrogen and oxygen atoms in total. The molecule has 1 aliphatic rings. The summed E-state index contributed by atoms with van der Waals surface area (Å²) >= 11 is 11.6. The van der Waals surface area contributed by atoms with Crippen molar-refractivity contribution in [1.29, 1.82) is 0 Å². The zero-order chi connectivity index (χ0) is 14.4. The highest BCUT2D eigenvalue weighted by Gasteiger charge is 2.39. The lowest BCUT2D eigenvalue weighted by atomic mass is 10.0. The average molecular weight is 321 g/mol. The van der Waals surface area contributed by atoms with Crippen molar-refractivity contribution in [2.45, 2.75) is 24.5 Å². The van der Waals surface area contributed by atoms with Crippen LogP contribution in [0.5, 0.6) is 0 Å². The molecule has 3 N–H and O–H groups in total. The largest absolute Gasteiger partial charge is 0.388 e. The number of aliphatic hydroxyl groups is 3. The second-order valence-corrected chi connectivity index (χ2v) is 5.08. The van der Waals surface area contributed by atoms with Crippen LogP contribution in [0.15, 0.2) is 6.33 Å². The molecule has 0 bridgehead atoms. The number of aromatic nitrogens is 4. The fraction of sp³-hybridized carbons (Fsp3) is 0.500. The second-order valence-electron chi connectivity index (χ2n) is 4.38. The van der Waals surface area contributed by atoms with E-state index < -0.39 is 24.5 Å². The second kappa shape index (κ2) is 5.06. The number of hydrogen-bond donors (Lipinski definition) is 3. The fourth-order valence-corrected chi connectivity index (χ4v) is 2.50.